The quantitative estimate of drug-likeness (QED) is 0.329. The Morgan fingerprint density at radius 2 is 1.82 bits per heavy atom. The monoisotopic (exact) mass is 548 g/mol. The zero-order valence-electron chi connectivity index (χ0n) is 22.3. The Kier molecular flexibility index (Phi) is 7.20. The van der Waals surface area contributed by atoms with Crippen LogP contribution >= 0.6 is 0 Å². The van der Waals surface area contributed by atoms with E-state index in [0.717, 1.165) is 54.6 Å². The minimum Gasteiger partial charge on any atom is -0.493 e. The van der Waals surface area contributed by atoms with Crippen LogP contribution < -0.4 is 9.47 Å². The maximum atomic E-state index is 11.9. The van der Waals surface area contributed by atoms with Gasteiger partial charge < -0.3 is 28.6 Å². The molecule has 2 bridgehead atoms. The Labute approximate surface area is 231 Å². The summed E-state index contributed by atoms with van der Waals surface area (Å²) >= 11 is 0. The average molecular weight is 549 g/mol. The van der Waals surface area contributed by atoms with Gasteiger partial charge in [0, 0.05) is 47.6 Å². The molecular weight excluding hydrogens is 516 g/mol. The number of aromatic nitrogens is 1. The molecule has 6 rings (SSSR count). The predicted octanol–water partition coefficient (Wildman–Crippen LogP) is 3.82. The van der Waals surface area contributed by atoms with Crippen molar-refractivity contribution in [2.24, 2.45) is 0 Å². The normalized spacial score (nSPS) is 27.5. The van der Waals surface area contributed by atoms with Crippen molar-refractivity contribution >= 4 is 22.9 Å². The van der Waals surface area contributed by atoms with E-state index in [-0.39, 0.29) is 5.56 Å². The van der Waals surface area contributed by atoms with Gasteiger partial charge >= 0.3 is 11.9 Å². The van der Waals surface area contributed by atoms with Crippen LogP contribution in [0.1, 0.15) is 49.3 Å². The molecule has 2 aromatic carbocycles. The highest BCUT2D eigenvalue weighted by Crippen LogP contribution is 2.44. The van der Waals surface area contributed by atoms with Crippen LogP contribution in [0, 0.1) is 0 Å². The SMILES string of the molecule is COc1cc(C2(O)COC(=O)/C=C/C(=O)O2)ccc1OCCCN1C2CCC1CC(c1noc3ccccc13)C2. The number of aliphatic hydroxyl groups is 1. The van der Waals surface area contributed by atoms with Crippen LogP contribution in [0.4, 0.5) is 0 Å². The second-order valence-corrected chi connectivity index (χ2v) is 10.6. The molecule has 2 saturated heterocycles. The topological polar surface area (TPSA) is 121 Å². The Morgan fingerprint density at radius 3 is 2.62 bits per heavy atom. The third-order valence-corrected chi connectivity index (χ3v) is 8.14. The van der Waals surface area contributed by atoms with Crippen molar-refractivity contribution in [2.45, 2.75) is 55.9 Å². The molecule has 1 N–H and O–H groups in total. The maximum Gasteiger partial charge on any atom is 0.333 e. The number of rotatable bonds is 8. The molecule has 40 heavy (non-hydrogen) atoms. The smallest absolute Gasteiger partial charge is 0.333 e. The van der Waals surface area contributed by atoms with Gasteiger partial charge in [0.1, 0.15) is 0 Å². The van der Waals surface area contributed by atoms with Crippen LogP contribution in [0.3, 0.4) is 0 Å². The molecule has 0 spiro atoms. The van der Waals surface area contributed by atoms with E-state index < -0.39 is 24.3 Å². The molecule has 0 aliphatic carbocycles. The number of hydrogen-bond donors (Lipinski definition) is 1. The molecule has 3 unspecified atom stereocenters. The summed E-state index contributed by atoms with van der Waals surface area (Å²) in [4.78, 5) is 26.2. The summed E-state index contributed by atoms with van der Waals surface area (Å²) in [5, 5.41) is 16.5. The van der Waals surface area contributed by atoms with Crippen molar-refractivity contribution in [3.8, 4) is 11.5 Å². The Bertz CT molecular complexity index is 1420. The van der Waals surface area contributed by atoms with Crippen LogP contribution in [0.2, 0.25) is 0 Å². The minimum atomic E-state index is -2.15. The summed E-state index contributed by atoms with van der Waals surface area (Å²) < 4.78 is 27.2. The van der Waals surface area contributed by atoms with E-state index in [2.05, 4.69) is 16.1 Å². The maximum absolute atomic E-state index is 11.9. The minimum absolute atomic E-state index is 0.201. The molecule has 3 aliphatic rings. The number of hydrogen-bond acceptors (Lipinski definition) is 10. The number of carbonyl (C=O) groups is 2. The number of benzene rings is 2. The average Bonchev–Trinajstić information content (AvgIpc) is 3.49. The van der Waals surface area contributed by atoms with Gasteiger partial charge in [-0.05, 0) is 62.4 Å². The fourth-order valence-corrected chi connectivity index (χ4v) is 6.25. The highest BCUT2D eigenvalue weighted by molar-refractivity contribution is 5.92. The van der Waals surface area contributed by atoms with Gasteiger partial charge in [0.2, 0.25) is 0 Å². The number of methoxy groups -OCH3 is 1. The van der Waals surface area contributed by atoms with Crippen molar-refractivity contribution < 1.29 is 38.2 Å². The molecule has 4 heterocycles. The lowest BCUT2D eigenvalue weighted by Crippen LogP contribution is -2.43. The fraction of sp³-hybridized carbons (Fsp3) is 0.433. The lowest BCUT2D eigenvalue weighted by molar-refractivity contribution is -0.231. The second-order valence-electron chi connectivity index (χ2n) is 10.6. The van der Waals surface area contributed by atoms with Gasteiger partial charge in [-0.3, -0.25) is 4.90 Å². The first-order chi connectivity index (χ1) is 19.4. The van der Waals surface area contributed by atoms with Gasteiger partial charge in [-0.25, -0.2) is 9.59 Å². The van der Waals surface area contributed by atoms with Gasteiger partial charge in [-0.2, -0.15) is 0 Å². The summed E-state index contributed by atoms with van der Waals surface area (Å²) in [5.41, 5.74) is 2.15. The number of esters is 2. The van der Waals surface area contributed by atoms with E-state index in [4.69, 9.17) is 23.5 Å². The lowest BCUT2D eigenvalue weighted by Gasteiger charge is -2.38. The van der Waals surface area contributed by atoms with Crippen molar-refractivity contribution in [3.63, 3.8) is 0 Å². The molecule has 3 aromatic rings. The van der Waals surface area contributed by atoms with Crippen molar-refractivity contribution in [1.82, 2.24) is 10.1 Å². The van der Waals surface area contributed by atoms with Gasteiger partial charge in [0.05, 0.1) is 19.4 Å². The molecule has 10 heteroatoms. The summed E-state index contributed by atoms with van der Waals surface area (Å²) in [6, 6.07) is 13.9. The van der Waals surface area contributed by atoms with Crippen molar-refractivity contribution in [3.05, 3.63) is 65.9 Å². The largest absolute Gasteiger partial charge is 0.493 e. The Morgan fingerprint density at radius 1 is 1.05 bits per heavy atom. The number of ether oxygens (including phenoxy) is 4. The van der Waals surface area contributed by atoms with E-state index in [1.807, 2.05) is 18.2 Å². The first-order valence-electron chi connectivity index (χ1n) is 13.6. The Hall–Kier alpha value is -3.89. The van der Waals surface area contributed by atoms with E-state index in [9.17, 15) is 14.7 Å². The van der Waals surface area contributed by atoms with Crippen molar-refractivity contribution in [1.29, 1.82) is 0 Å². The second kappa shape index (κ2) is 10.9. The summed E-state index contributed by atoms with van der Waals surface area (Å²) in [6.45, 7) is 0.887. The molecule has 10 nitrogen and oxygen atoms in total. The number of piperidine rings is 1. The zero-order chi connectivity index (χ0) is 27.7. The van der Waals surface area contributed by atoms with E-state index in [1.54, 1.807) is 12.1 Å². The van der Waals surface area contributed by atoms with E-state index in [0.29, 0.717) is 36.1 Å². The molecule has 0 saturated carbocycles. The van der Waals surface area contributed by atoms with E-state index >= 15 is 0 Å². The number of cyclic esters (lactones) is 2. The first kappa shape index (κ1) is 26.3. The van der Waals surface area contributed by atoms with Gasteiger partial charge in [0.25, 0.3) is 5.79 Å². The molecule has 3 atom stereocenters. The predicted molar refractivity (Wildman–Crippen MR) is 143 cm³/mol. The molecular formula is C30H32N2O8. The van der Waals surface area contributed by atoms with E-state index in [1.165, 1.54) is 26.0 Å². The highest BCUT2D eigenvalue weighted by atomic mass is 16.7. The van der Waals surface area contributed by atoms with Gasteiger partial charge in [0.15, 0.2) is 23.7 Å². The summed E-state index contributed by atoms with van der Waals surface area (Å²) in [6.07, 6.45) is 7.28. The number of nitrogens with zero attached hydrogens (tertiary/aromatic N) is 2. The van der Waals surface area contributed by atoms with Crippen LogP contribution in [-0.2, 0) is 24.8 Å². The molecule has 2 fully saturated rings. The Balaban J connectivity index is 1.05. The third-order valence-electron chi connectivity index (χ3n) is 8.14. The van der Waals surface area contributed by atoms with Gasteiger partial charge in [-0.15, -0.1) is 0 Å². The number of carbonyl (C=O) groups excluding carboxylic acids is 2. The summed E-state index contributed by atoms with van der Waals surface area (Å²) in [5.74, 6) is -2.46. The number of fused-ring (bicyclic) bond motifs is 3. The van der Waals surface area contributed by atoms with Gasteiger partial charge in [-0.1, -0.05) is 17.3 Å². The fourth-order valence-electron chi connectivity index (χ4n) is 6.25. The lowest BCUT2D eigenvalue weighted by atomic mass is 9.87. The molecule has 0 radical (unpaired) electrons. The summed E-state index contributed by atoms with van der Waals surface area (Å²) in [7, 11) is 1.49. The zero-order valence-corrected chi connectivity index (χ0v) is 22.3. The van der Waals surface area contributed by atoms with Crippen LogP contribution in [0.5, 0.6) is 11.5 Å². The van der Waals surface area contributed by atoms with Crippen molar-refractivity contribution in [2.75, 3.05) is 26.9 Å². The first-order valence-corrected chi connectivity index (χ1v) is 13.6. The molecule has 0 amide bonds. The standard InChI is InChI=1S/C30H32N2O8/c1-36-26-17-20(30(35)18-38-27(33)11-12-28(34)39-30)7-10-25(26)37-14-4-13-32-21-8-9-22(32)16-19(15-21)29-23-5-2-3-6-24(23)40-31-29/h2-3,5-7,10-12,17,19,21-22,35H,4,8-9,13-16,18H2,1H3/b12-11+. The third kappa shape index (κ3) is 5.16. The molecule has 210 valence electrons. The number of para-hydroxylation sites is 1. The molecule has 1 aromatic heterocycles. The van der Waals surface area contributed by atoms with Crippen LogP contribution in [0.25, 0.3) is 11.0 Å². The molecule has 3 aliphatic heterocycles. The highest BCUT2D eigenvalue weighted by Gasteiger charge is 2.42. The van der Waals surface area contributed by atoms with Crippen LogP contribution in [-0.4, -0.2) is 66.1 Å². The van der Waals surface area contributed by atoms with Crippen LogP contribution in [0.15, 0.2) is 59.1 Å².